The van der Waals surface area contributed by atoms with Gasteiger partial charge < -0.3 is 9.64 Å². The Morgan fingerprint density at radius 1 is 1.31 bits per heavy atom. The van der Waals surface area contributed by atoms with Gasteiger partial charge in [-0.1, -0.05) is 6.07 Å². The largest absolute Gasteiger partial charge is 0.380 e. The lowest BCUT2D eigenvalue weighted by Crippen LogP contribution is -2.09. The number of anilines is 1. The Morgan fingerprint density at radius 2 is 2.00 bits per heavy atom. The highest BCUT2D eigenvalue weighted by molar-refractivity contribution is 5.49. The van der Waals surface area contributed by atoms with Gasteiger partial charge in [-0.3, -0.25) is 0 Å². The molecule has 1 rings (SSSR count). The van der Waals surface area contributed by atoms with Crippen LogP contribution in [0.15, 0.2) is 18.2 Å². The highest BCUT2D eigenvalue weighted by atomic mass is 16.5. The maximum atomic E-state index is 5.12. The zero-order chi connectivity index (χ0) is 9.84. The molecule has 0 bridgehead atoms. The van der Waals surface area contributed by atoms with E-state index in [2.05, 4.69) is 30.0 Å². The van der Waals surface area contributed by atoms with Gasteiger partial charge in [-0.05, 0) is 30.2 Å². The van der Waals surface area contributed by atoms with E-state index in [4.69, 9.17) is 4.74 Å². The van der Waals surface area contributed by atoms with Crippen LogP contribution in [-0.4, -0.2) is 21.2 Å². The first-order valence-corrected chi connectivity index (χ1v) is 4.41. The molecule has 0 aromatic heterocycles. The summed E-state index contributed by atoms with van der Waals surface area (Å²) < 4.78 is 5.12. The Balaban J connectivity index is 2.97. The second kappa shape index (κ2) is 4.28. The second-order valence-corrected chi connectivity index (χ2v) is 3.44. The van der Waals surface area contributed by atoms with Crippen LogP contribution in [-0.2, 0) is 11.3 Å². The first-order chi connectivity index (χ1) is 6.15. The molecule has 0 aliphatic rings. The summed E-state index contributed by atoms with van der Waals surface area (Å²) in [6.45, 7) is 2.79. The smallest absolute Gasteiger partial charge is 0.0716 e. The van der Waals surface area contributed by atoms with Gasteiger partial charge in [-0.2, -0.15) is 0 Å². The van der Waals surface area contributed by atoms with Gasteiger partial charge in [-0.15, -0.1) is 0 Å². The Labute approximate surface area is 80.1 Å². The fourth-order valence-corrected chi connectivity index (χ4v) is 1.25. The van der Waals surface area contributed by atoms with Gasteiger partial charge in [0.2, 0.25) is 0 Å². The molecule has 0 saturated heterocycles. The summed E-state index contributed by atoms with van der Waals surface area (Å²) in [4.78, 5) is 2.10. The van der Waals surface area contributed by atoms with Crippen LogP contribution in [0.4, 0.5) is 5.69 Å². The first-order valence-electron chi connectivity index (χ1n) is 4.41. The van der Waals surface area contributed by atoms with Gasteiger partial charge in [0, 0.05) is 26.9 Å². The lowest BCUT2D eigenvalue weighted by Gasteiger charge is -2.14. The number of benzene rings is 1. The SMILES string of the molecule is COCc1cc(N(C)C)ccc1C. The zero-order valence-electron chi connectivity index (χ0n) is 8.79. The van der Waals surface area contributed by atoms with Gasteiger partial charge >= 0.3 is 0 Å². The fraction of sp³-hybridized carbons (Fsp3) is 0.455. The molecule has 0 spiro atoms. The van der Waals surface area contributed by atoms with Crippen LogP contribution in [0.2, 0.25) is 0 Å². The Morgan fingerprint density at radius 3 is 2.54 bits per heavy atom. The highest BCUT2D eigenvalue weighted by Crippen LogP contribution is 2.17. The minimum atomic E-state index is 0.688. The van der Waals surface area contributed by atoms with Crippen molar-refractivity contribution in [2.75, 3.05) is 26.1 Å². The molecule has 0 aliphatic carbocycles. The summed E-state index contributed by atoms with van der Waals surface area (Å²) in [6.07, 6.45) is 0. The molecule has 0 heterocycles. The number of rotatable bonds is 3. The molecular formula is C11H17NO. The van der Waals surface area contributed by atoms with Gasteiger partial charge in [0.15, 0.2) is 0 Å². The molecule has 0 fully saturated rings. The van der Waals surface area contributed by atoms with E-state index in [0.29, 0.717) is 6.61 Å². The third-order valence-electron chi connectivity index (χ3n) is 2.15. The van der Waals surface area contributed by atoms with Crippen molar-refractivity contribution in [3.63, 3.8) is 0 Å². The van der Waals surface area contributed by atoms with Crippen molar-refractivity contribution >= 4 is 5.69 Å². The average Bonchev–Trinajstić information content (AvgIpc) is 2.08. The predicted octanol–water partition coefficient (Wildman–Crippen LogP) is 2.21. The van der Waals surface area contributed by atoms with Gasteiger partial charge in [0.05, 0.1) is 6.61 Å². The maximum absolute atomic E-state index is 5.12. The van der Waals surface area contributed by atoms with E-state index in [9.17, 15) is 0 Å². The van der Waals surface area contributed by atoms with E-state index in [1.165, 1.54) is 16.8 Å². The highest BCUT2D eigenvalue weighted by Gasteiger charge is 2.00. The van der Waals surface area contributed by atoms with Crippen molar-refractivity contribution in [1.29, 1.82) is 0 Å². The summed E-state index contributed by atoms with van der Waals surface area (Å²) >= 11 is 0. The molecule has 1 aromatic rings. The standard InChI is InChI=1S/C11H17NO/c1-9-5-6-11(12(2)3)7-10(9)8-13-4/h5-7H,8H2,1-4H3. The van der Waals surface area contributed by atoms with Crippen molar-refractivity contribution in [1.82, 2.24) is 0 Å². The molecule has 13 heavy (non-hydrogen) atoms. The minimum Gasteiger partial charge on any atom is -0.380 e. The number of hydrogen-bond acceptors (Lipinski definition) is 2. The summed E-state index contributed by atoms with van der Waals surface area (Å²) in [5, 5.41) is 0. The lowest BCUT2D eigenvalue weighted by molar-refractivity contribution is 0.184. The molecule has 2 heteroatoms. The molecule has 2 nitrogen and oxygen atoms in total. The van der Waals surface area contributed by atoms with Crippen LogP contribution >= 0.6 is 0 Å². The van der Waals surface area contributed by atoms with Gasteiger partial charge in [0.25, 0.3) is 0 Å². The zero-order valence-corrected chi connectivity index (χ0v) is 8.79. The average molecular weight is 179 g/mol. The predicted molar refractivity (Wildman–Crippen MR) is 56.2 cm³/mol. The van der Waals surface area contributed by atoms with Crippen LogP contribution in [0.3, 0.4) is 0 Å². The molecule has 72 valence electrons. The molecular weight excluding hydrogens is 162 g/mol. The quantitative estimate of drug-likeness (QED) is 0.705. The van der Waals surface area contributed by atoms with Crippen LogP contribution in [0, 0.1) is 6.92 Å². The van der Waals surface area contributed by atoms with Crippen LogP contribution < -0.4 is 4.90 Å². The molecule has 0 unspecified atom stereocenters. The third kappa shape index (κ3) is 2.46. The summed E-state index contributed by atoms with van der Waals surface area (Å²) in [7, 11) is 5.81. The van der Waals surface area contributed by atoms with E-state index in [-0.39, 0.29) is 0 Å². The molecule has 0 radical (unpaired) electrons. The molecule has 1 aromatic carbocycles. The topological polar surface area (TPSA) is 12.5 Å². The van der Waals surface area contributed by atoms with E-state index in [1.807, 2.05) is 14.1 Å². The lowest BCUT2D eigenvalue weighted by atomic mass is 10.1. The third-order valence-corrected chi connectivity index (χ3v) is 2.15. The van der Waals surface area contributed by atoms with Gasteiger partial charge in [-0.25, -0.2) is 0 Å². The van der Waals surface area contributed by atoms with Gasteiger partial charge in [0.1, 0.15) is 0 Å². The second-order valence-electron chi connectivity index (χ2n) is 3.44. The number of ether oxygens (including phenoxy) is 1. The fourth-order valence-electron chi connectivity index (χ4n) is 1.25. The van der Waals surface area contributed by atoms with Crippen molar-refractivity contribution in [3.05, 3.63) is 29.3 Å². The first kappa shape index (κ1) is 10.1. The van der Waals surface area contributed by atoms with Crippen molar-refractivity contribution in [2.24, 2.45) is 0 Å². The number of methoxy groups -OCH3 is 1. The maximum Gasteiger partial charge on any atom is 0.0716 e. The summed E-state index contributed by atoms with van der Waals surface area (Å²) in [6, 6.07) is 6.41. The van der Waals surface area contributed by atoms with Crippen LogP contribution in [0.5, 0.6) is 0 Å². The Hall–Kier alpha value is -1.02. The monoisotopic (exact) mass is 179 g/mol. The molecule has 0 atom stereocenters. The van der Waals surface area contributed by atoms with E-state index in [1.54, 1.807) is 7.11 Å². The molecule has 0 N–H and O–H groups in total. The van der Waals surface area contributed by atoms with Crippen molar-refractivity contribution < 1.29 is 4.74 Å². The number of aryl methyl sites for hydroxylation is 1. The molecule has 0 saturated carbocycles. The van der Waals surface area contributed by atoms with Crippen molar-refractivity contribution in [3.8, 4) is 0 Å². The van der Waals surface area contributed by atoms with Crippen LogP contribution in [0.25, 0.3) is 0 Å². The number of hydrogen-bond donors (Lipinski definition) is 0. The van der Waals surface area contributed by atoms with E-state index >= 15 is 0 Å². The van der Waals surface area contributed by atoms with E-state index < -0.39 is 0 Å². The Kier molecular flexibility index (Phi) is 3.32. The minimum absolute atomic E-state index is 0.688. The molecule has 0 aliphatic heterocycles. The summed E-state index contributed by atoms with van der Waals surface area (Å²) in [5.41, 5.74) is 3.76. The van der Waals surface area contributed by atoms with Crippen LogP contribution in [0.1, 0.15) is 11.1 Å². The summed E-state index contributed by atoms with van der Waals surface area (Å²) in [5.74, 6) is 0. The molecule has 0 amide bonds. The number of nitrogens with zero attached hydrogens (tertiary/aromatic N) is 1. The van der Waals surface area contributed by atoms with Crippen molar-refractivity contribution in [2.45, 2.75) is 13.5 Å². The Bertz CT molecular complexity index is 281. The van der Waals surface area contributed by atoms with E-state index in [0.717, 1.165) is 0 Å². The normalized spacial score (nSPS) is 10.2.